The summed E-state index contributed by atoms with van der Waals surface area (Å²) in [5, 5.41) is 16.4. The average molecular weight is 130 g/mol. The van der Waals surface area contributed by atoms with Gasteiger partial charge in [0.1, 0.15) is 0 Å². The van der Waals surface area contributed by atoms with Crippen molar-refractivity contribution in [3.05, 3.63) is 0 Å². The Hall–Kier alpha value is 1.22. The Morgan fingerprint density at radius 2 is 1.71 bits per heavy atom. The van der Waals surface area contributed by atoms with E-state index in [-0.39, 0.29) is 43.9 Å². The van der Waals surface area contributed by atoms with Crippen molar-refractivity contribution in [1.82, 2.24) is 0 Å². The third kappa shape index (κ3) is 7.22. The zero-order valence-electron chi connectivity index (χ0n) is 6.59. The molecule has 0 aromatic heterocycles. The van der Waals surface area contributed by atoms with Crippen molar-refractivity contribution in [1.29, 1.82) is 0 Å². The van der Waals surface area contributed by atoms with E-state index in [4.69, 9.17) is 10.2 Å². The Morgan fingerprint density at radius 1 is 1.43 bits per heavy atom. The SMILES string of the molecule is OC[CH]([AlH2])CO.[H-].[H-].[Mg+2]. The molecule has 40 valence electrons. The third-order valence-corrected chi connectivity index (χ3v) is 1.35. The van der Waals surface area contributed by atoms with E-state index in [2.05, 4.69) is 0 Å². The van der Waals surface area contributed by atoms with Crippen LogP contribution < -0.4 is 0 Å². The van der Waals surface area contributed by atoms with Crippen LogP contribution in [0.4, 0.5) is 0 Å². The van der Waals surface area contributed by atoms with Crippen LogP contribution in [0.2, 0.25) is 4.78 Å². The zero-order valence-corrected chi connectivity index (χ0v) is 8.01. The quantitative estimate of drug-likeness (QED) is 0.435. The Kier molecular flexibility index (Phi) is 11.4. The summed E-state index contributed by atoms with van der Waals surface area (Å²) in [6, 6.07) is 0. The molecule has 0 rings (SSSR count). The molecule has 0 heterocycles. The molecular formula is C3H11AlMgO2. The van der Waals surface area contributed by atoms with Crippen LogP contribution in [0.5, 0.6) is 0 Å². The Bertz CT molecular complexity index is 39.0. The van der Waals surface area contributed by atoms with Crippen LogP contribution in [0.25, 0.3) is 0 Å². The van der Waals surface area contributed by atoms with E-state index >= 15 is 0 Å². The first-order chi connectivity index (χ1) is 2.81. The van der Waals surface area contributed by atoms with Gasteiger partial charge in [0, 0.05) is 13.2 Å². The molecule has 4 heteroatoms. The first-order valence-electron chi connectivity index (χ1n) is 2.03. The summed E-state index contributed by atoms with van der Waals surface area (Å²) in [5.74, 6) is 0. The molecule has 7 heavy (non-hydrogen) atoms. The van der Waals surface area contributed by atoms with Crippen molar-refractivity contribution < 1.29 is 13.1 Å². The fraction of sp³-hybridized carbons (Fsp3) is 1.00. The van der Waals surface area contributed by atoms with Crippen molar-refractivity contribution in [2.75, 3.05) is 13.2 Å². The topological polar surface area (TPSA) is 40.5 Å². The molecule has 0 amide bonds. The first kappa shape index (κ1) is 11.1. The number of aliphatic hydroxyl groups is 2. The standard InChI is InChI=1S/C3H7O2.Al.Mg.4H/c4-2-1-3-5;;;;;;/h1,4-5H,2-3H2;;;;;;/q;;+2;;;2*-1. The van der Waals surface area contributed by atoms with Crippen molar-refractivity contribution in [2.24, 2.45) is 0 Å². The van der Waals surface area contributed by atoms with Crippen LogP contribution in [-0.2, 0) is 0 Å². The zero-order chi connectivity index (χ0) is 4.99. The van der Waals surface area contributed by atoms with Crippen LogP contribution in [0, 0.1) is 0 Å². The van der Waals surface area contributed by atoms with Gasteiger partial charge in [-0.05, 0) is 4.78 Å². The minimum Gasteiger partial charge on any atom is -1.00 e. The molecule has 2 N–H and O–H groups in total. The number of rotatable bonds is 2. The van der Waals surface area contributed by atoms with Gasteiger partial charge in [0.05, 0.1) is 0 Å². The van der Waals surface area contributed by atoms with Gasteiger partial charge < -0.3 is 13.1 Å². The molecule has 0 saturated carbocycles. The van der Waals surface area contributed by atoms with Crippen molar-refractivity contribution in [3.63, 3.8) is 0 Å². The summed E-state index contributed by atoms with van der Waals surface area (Å²) < 4.78 is 0.185. The minimum atomic E-state index is 0. The maximum atomic E-state index is 8.21. The van der Waals surface area contributed by atoms with E-state index in [0.29, 0.717) is 0 Å². The summed E-state index contributed by atoms with van der Waals surface area (Å²) >= 11 is 0.890. The molecule has 0 aromatic carbocycles. The largest absolute Gasteiger partial charge is 2.00 e. The summed E-state index contributed by atoms with van der Waals surface area (Å²) in [7, 11) is 0. The van der Waals surface area contributed by atoms with E-state index < -0.39 is 0 Å². The van der Waals surface area contributed by atoms with Gasteiger partial charge in [-0.25, -0.2) is 0 Å². The van der Waals surface area contributed by atoms with Crippen molar-refractivity contribution >= 4 is 39.3 Å². The summed E-state index contributed by atoms with van der Waals surface area (Å²) in [6.45, 7) is 0.283. The second kappa shape index (κ2) is 7.22. The van der Waals surface area contributed by atoms with Crippen LogP contribution in [0.15, 0.2) is 0 Å². The van der Waals surface area contributed by atoms with E-state index in [1.165, 1.54) is 0 Å². The van der Waals surface area contributed by atoms with Gasteiger partial charge in [-0.15, -0.1) is 0 Å². The van der Waals surface area contributed by atoms with Gasteiger partial charge in [-0.3, -0.25) is 0 Å². The van der Waals surface area contributed by atoms with Crippen molar-refractivity contribution in [2.45, 2.75) is 4.78 Å². The molecule has 0 spiro atoms. The molecule has 0 radical (unpaired) electrons. The predicted molar refractivity (Wildman–Crippen MR) is 34.4 cm³/mol. The molecule has 0 aromatic rings. The minimum absolute atomic E-state index is 0. The molecule has 0 fully saturated rings. The summed E-state index contributed by atoms with van der Waals surface area (Å²) in [6.07, 6.45) is 0. The normalized spacial score (nSPS) is 8.43. The molecule has 0 aliphatic rings. The van der Waals surface area contributed by atoms with E-state index in [9.17, 15) is 0 Å². The van der Waals surface area contributed by atoms with Gasteiger partial charge in [-0.2, -0.15) is 0 Å². The third-order valence-electron chi connectivity index (χ3n) is 0.623. The number of hydrogen-bond donors (Lipinski definition) is 2. The van der Waals surface area contributed by atoms with Gasteiger partial charge in [0.25, 0.3) is 0 Å². The fourth-order valence-corrected chi connectivity index (χ4v) is 0.0577. The maximum Gasteiger partial charge on any atom is 2.00 e. The van der Waals surface area contributed by atoms with Gasteiger partial charge in [-0.1, -0.05) is 0 Å². The molecule has 0 saturated heterocycles. The number of aliphatic hydroxyl groups excluding tert-OH is 2. The van der Waals surface area contributed by atoms with Crippen LogP contribution in [0.3, 0.4) is 0 Å². The van der Waals surface area contributed by atoms with Gasteiger partial charge in [0.2, 0.25) is 16.3 Å². The van der Waals surface area contributed by atoms with Gasteiger partial charge in [0.15, 0.2) is 0 Å². The summed E-state index contributed by atoms with van der Waals surface area (Å²) in [4.78, 5) is 0. The molecule has 0 unspecified atom stereocenters. The maximum absolute atomic E-state index is 8.21. The second-order valence-corrected chi connectivity index (χ2v) is 3.10. The van der Waals surface area contributed by atoms with Crippen molar-refractivity contribution in [3.8, 4) is 0 Å². The van der Waals surface area contributed by atoms with Crippen LogP contribution >= 0.6 is 0 Å². The van der Waals surface area contributed by atoms with Gasteiger partial charge >= 0.3 is 23.1 Å². The molecule has 2 nitrogen and oxygen atoms in total. The Labute approximate surface area is 70.5 Å². The second-order valence-electron chi connectivity index (χ2n) is 1.47. The molecule has 0 atom stereocenters. The van der Waals surface area contributed by atoms with Crippen LogP contribution in [-0.4, -0.2) is 62.8 Å². The average Bonchev–Trinajstić information content (AvgIpc) is 1.65. The predicted octanol–water partition coefficient (Wildman–Crippen LogP) is -1.76. The molecule has 0 bridgehead atoms. The van der Waals surface area contributed by atoms with E-state index in [1.54, 1.807) is 0 Å². The van der Waals surface area contributed by atoms with E-state index in [0.717, 1.165) is 16.3 Å². The summed E-state index contributed by atoms with van der Waals surface area (Å²) in [5.41, 5.74) is 0. The number of hydrogen-bond acceptors (Lipinski definition) is 2. The smallest absolute Gasteiger partial charge is 1.00 e. The first-order valence-corrected chi connectivity index (χ1v) is 3.18. The molecule has 0 aliphatic carbocycles. The molecular weight excluding hydrogens is 119 g/mol. The fourth-order valence-electron chi connectivity index (χ4n) is 0.0577. The van der Waals surface area contributed by atoms with E-state index in [1.807, 2.05) is 0 Å². The van der Waals surface area contributed by atoms with Crippen LogP contribution in [0.1, 0.15) is 2.85 Å². The Morgan fingerprint density at radius 3 is 1.71 bits per heavy atom. The Balaban J connectivity index is -0.0000000417. The monoisotopic (exact) mass is 130 g/mol. The molecule has 0 aliphatic heterocycles.